The van der Waals surface area contributed by atoms with Gasteiger partial charge in [-0.25, -0.2) is 0 Å². The minimum absolute atomic E-state index is 0.0401. The number of halogens is 2. The van der Waals surface area contributed by atoms with Gasteiger partial charge in [-0.15, -0.1) is 0 Å². The molecular formula is C14H17F2NO4. The molecule has 0 unspecified atom stereocenters. The summed E-state index contributed by atoms with van der Waals surface area (Å²) in [6, 6.07) is 4.53. The van der Waals surface area contributed by atoms with Gasteiger partial charge in [0.25, 0.3) is 0 Å². The van der Waals surface area contributed by atoms with Crippen molar-refractivity contribution in [3.63, 3.8) is 0 Å². The maximum atomic E-state index is 12.2. The van der Waals surface area contributed by atoms with Crippen LogP contribution < -0.4 is 14.8 Å². The first-order valence-electron chi connectivity index (χ1n) is 6.61. The van der Waals surface area contributed by atoms with E-state index in [0.29, 0.717) is 6.61 Å². The third-order valence-electron chi connectivity index (χ3n) is 3.13. The Morgan fingerprint density at radius 1 is 1.48 bits per heavy atom. The van der Waals surface area contributed by atoms with Crippen molar-refractivity contribution in [2.24, 2.45) is 0 Å². The van der Waals surface area contributed by atoms with Crippen LogP contribution >= 0.6 is 0 Å². The van der Waals surface area contributed by atoms with Gasteiger partial charge in [0.05, 0.1) is 7.11 Å². The second kappa shape index (κ2) is 7.21. The van der Waals surface area contributed by atoms with Crippen molar-refractivity contribution in [3.05, 3.63) is 23.8 Å². The molecule has 1 aliphatic rings. The van der Waals surface area contributed by atoms with Gasteiger partial charge in [-0.05, 0) is 30.5 Å². The number of carbonyl (C=O) groups is 1. The molecule has 1 N–H and O–H groups in total. The van der Waals surface area contributed by atoms with Crippen LogP contribution in [0.2, 0.25) is 0 Å². The molecule has 0 aromatic heterocycles. The largest absolute Gasteiger partial charge is 0.493 e. The average Bonchev–Trinajstić information content (AvgIpc) is 2.99. The molecule has 21 heavy (non-hydrogen) atoms. The zero-order valence-corrected chi connectivity index (χ0v) is 11.6. The number of amides is 1. The van der Waals surface area contributed by atoms with Crippen molar-refractivity contribution in [2.45, 2.75) is 32.1 Å². The third kappa shape index (κ3) is 4.29. The van der Waals surface area contributed by atoms with Crippen LogP contribution in [0, 0.1) is 0 Å². The van der Waals surface area contributed by atoms with Crippen molar-refractivity contribution in [3.8, 4) is 11.5 Å². The standard InChI is InChI=1S/C14H17F2NO4/c1-19-12-7-9(4-5-10(12)21-14(15)16)8-17-13(18)11-3-2-6-20-11/h4-5,7,11,14H,2-3,6,8H2,1H3,(H,17,18)/t11-/m0/s1. The molecule has 7 heteroatoms. The van der Waals surface area contributed by atoms with Gasteiger partial charge in [0.1, 0.15) is 6.10 Å². The summed E-state index contributed by atoms with van der Waals surface area (Å²) >= 11 is 0. The first kappa shape index (κ1) is 15.5. The number of carbonyl (C=O) groups excluding carboxylic acids is 1. The van der Waals surface area contributed by atoms with Crippen LogP contribution in [-0.2, 0) is 16.1 Å². The summed E-state index contributed by atoms with van der Waals surface area (Å²) in [4.78, 5) is 11.8. The van der Waals surface area contributed by atoms with E-state index in [1.165, 1.54) is 13.2 Å². The van der Waals surface area contributed by atoms with Gasteiger partial charge < -0.3 is 19.5 Å². The van der Waals surface area contributed by atoms with Crippen molar-refractivity contribution >= 4 is 5.91 Å². The number of hydrogen-bond acceptors (Lipinski definition) is 4. The molecule has 0 radical (unpaired) electrons. The molecule has 0 aliphatic carbocycles. The minimum Gasteiger partial charge on any atom is -0.493 e. The highest BCUT2D eigenvalue weighted by Gasteiger charge is 2.23. The van der Waals surface area contributed by atoms with Crippen LogP contribution in [0.15, 0.2) is 18.2 Å². The van der Waals surface area contributed by atoms with Crippen LogP contribution in [0.25, 0.3) is 0 Å². The molecule has 1 heterocycles. The average molecular weight is 301 g/mol. The predicted octanol–water partition coefficient (Wildman–Crippen LogP) is 2.09. The van der Waals surface area contributed by atoms with E-state index in [9.17, 15) is 13.6 Å². The Labute approximate surface area is 121 Å². The van der Waals surface area contributed by atoms with Gasteiger partial charge in [-0.3, -0.25) is 4.79 Å². The number of alkyl halides is 2. The number of benzene rings is 1. The lowest BCUT2D eigenvalue weighted by molar-refractivity contribution is -0.130. The normalized spacial score (nSPS) is 17.8. The van der Waals surface area contributed by atoms with Gasteiger partial charge in [0, 0.05) is 13.2 Å². The predicted molar refractivity (Wildman–Crippen MR) is 70.4 cm³/mol. The molecule has 1 atom stereocenters. The number of ether oxygens (including phenoxy) is 3. The summed E-state index contributed by atoms with van der Waals surface area (Å²) in [6.45, 7) is -2.04. The molecule has 5 nitrogen and oxygen atoms in total. The summed E-state index contributed by atoms with van der Waals surface area (Å²) in [5.41, 5.74) is 0.722. The SMILES string of the molecule is COc1cc(CNC(=O)[C@@H]2CCCO2)ccc1OC(F)F. The zero-order chi connectivity index (χ0) is 15.2. The van der Waals surface area contributed by atoms with E-state index >= 15 is 0 Å². The Hall–Kier alpha value is -1.89. The summed E-state index contributed by atoms with van der Waals surface area (Å²) in [5.74, 6) is -0.0137. The van der Waals surface area contributed by atoms with E-state index in [2.05, 4.69) is 10.1 Å². The quantitative estimate of drug-likeness (QED) is 0.874. The van der Waals surface area contributed by atoms with Gasteiger partial charge in [-0.1, -0.05) is 6.07 Å². The zero-order valence-electron chi connectivity index (χ0n) is 11.6. The summed E-state index contributed by atoms with van der Waals surface area (Å²) < 4.78 is 39.0. The van der Waals surface area contributed by atoms with Crippen LogP contribution in [0.5, 0.6) is 11.5 Å². The van der Waals surface area contributed by atoms with Gasteiger partial charge in [-0.2, -0.15) is 8.78 Å². The lowest BCUT2D eigenvalue weighted by atomic mass is 10.2. The minimum atomic E-state index is -2.91. The lowest BCUT2D eigenvalue weighted by Gasteiger charge is -2.13. The number of rotatable bonds is 6. The van der Waals surface area contributed by atoms with Crippen molar-refractivity contribution < 1.29 is 27.8 Å². The van der Waals surface area contributed by atoms with Crippen LogP contribution in [0.3, 0.4) is 0 Å². The highest BCUT2D eigenvalue weighted by Crippen LogP contribution is 2.29. The molecule has 1 saturated heterocycles. The highest BCUT2D eigenvalue weighted by molar-refractivity contribution is 5.80. The molecule has 0 bridgehead atoms. The number of hydrogen-bond donors (Lipinski definition) is 1. The first-order chi connectivity index (χ1) is 10.1. The number of nitrogens with one attached hydrogen (secondary N) is 1. The smallest absolute Gasteiger partial charge is 0.387 e. The lowest BCUT2D eigenvalue weighted by Crippen LogP contribution is -2.33. The molecule has 1 aliphatic heterocycles. The highest BCUT2D eigenvalue weighted by atomic mass is 19.3. The molecule has 1 amide bonds. The molecule has 1 aromatic carbocycles. The topological polar surface area (TPSA) is 56.8 Å². The number of methoxy groups -OCH3 is 1. The Kier molecular flexibility index (Phi) is 5.32. The van der Waals surface area contributed by atoms with E-state index in [1.807, 2.05) is 0 Å². The molecule has 1 aromatic rings. The Morgan fingerprint density at radius 2 is 2.29 bits per heavy atom. The summed E-state index contributed by atoms with van der Waals surface area (Å²) in [7, 11) is 1.36. The Morgan fingerprint density at radius 3 is 2.90 bits per heavy atom. The van der Waals surface area contributed by atoms with Gasteiger partial charge in [0.15, 0.2) is 11.5 Å². The molecule has 2 rings (SSSR count). The van der Waals surface area contributed by atoms with Crippen LogP contribution in [0.4, 0.5) is 8.78 Å². The fraction of sp³-hybridized carbons (Fsp3) is 0.500. The fourth-order valence-electron chi connectivity index (χ4n) is 2.10. The summed E-state index contributed by atoms with van der Waals surface area (Å²) in [6.07, 6.45) is 1.20. The van der Waals surface area contributed by atoms with E-state index < -0.39 is 12.7 Å². The Balaban J connectivity index is 1.95. The molecule has 1 fully saturated rings. The Bertz CT molecular complexity index is 490. The fourth-order valence-corrected chi connectivity index (χ4v) is 2.10. The van der Waals surface area contributed by atoms with Crippen LogP contribution in [0.1, 0.15) is 18.4 Å². The van der Waals surface area contributed by atoms with Gasteiger partial charge >= 0.3 is 6.61 Å². The maximum Gasteiger partial charge on any atom is 0.387 e. The second-order valence-corrected chi connectivity index (χ2v) is 4.58. The molecule has 0 saturated carbocycles. The summed E-state index contributed by atoms with van der Waals surface area (Å²) in [5, 5.41) is 2.74. The van der Waals surface area contributed by atoms with E-state index in [1.54, 1.807) is 12.1 Å². The first-order valence-corrected chi connectivity index (χ1v) is 6.61. The van der Waals surface area contributed by atoms with E-state index in [-0.39, 0.29) is 24.0 Å². The van der Waals surface area contributed by atoms with Crippen molar-refractivity contribution in [2.75, 3.05) is 13.7 Å². The third-order valence-corrected chi connectivity index (χ3v) is 3.13. The monoisotopic (exact) mass is 301 g/mol. The molecule has 0 spiro atoms. The van der Waals surface area contributed by atoms with Crippen LogP contribution in [-0.4, -0.2) is 32.3 Å². The van der Waals surface area contributed by atoms with E-state index in [4.69, 9.17) is 9.47 Å². The molecule has 116 valence electrons. The van der Waals surface area contributed by atoms with Crippen molar-refractivity contribution in [1.29, 1.82) is 0 Å². The molecular weight excluding hydrogens is 284 g/mol. The second-order valence-electron chi connectivity index (χ2n) is 4.58. The van der Waals surface area contributed by atoms with Gasteiger partial charge in [0.2, 0.25) is 5.91 Å². The maximum absolute atomic E-state index is 12.2. The van der Waals surface area contributed by atoms with E-state index in [0.717, 1.165) is 18.4 Å². The van der Waals surface area contributed by atoms with Crippen molar-refractivity contribution in [1.82, 2.24) is 5.32 Å².